The number of nitrogens with zero attached hydrogens (tertiary/aromatic N) is 1. The molecule has 24 heavy (non-hydrogen) atoms. The molecule has 1 atom stereocenters. The van der Waals surface area contributed by atoms with E-state index in [9.17, 15) is 5.11 Å². The molecular formula is C19H21NO4. The van der Waals surface area contributed by atoms with Crippen LogP contribution in [0.25, 0.3) is 0 Å². The number of phenols is 1. The molecule has 2 aromatic rings. The Kier molecular flexibility index (Phi) is 3.53. The maximum atomic E-state index is 10.4. The molecule has 2 aliphatic heterocycles. The molecule has 0 amide bonds. The number of hydrogen-bond acceptors (Lipinski definition) is 5. The fourth-order valence-electron chi connectivity index (χ4n) is 3.72. The van der Waals surface area contributed by atoms with E-state index in [1.807, 2.05) is 12.1 Å². The van der Waals surface area contributed by atoms with Crippen molar-refractivity contribution >= 4 is 0 Å². The van der Waals surface area contributed by atoms with Crippen LogP contribution in [0.3, 0.4) is 0 Å². The third-order valence-corrected chi connectivity index (χ3v) is 5.02. The van der Waals surface area contributed by atoms with Crippen molar-refractivity contribution in [3.8, 4) is 28.7 Å². The zero-order valence-electron chi connectivity index (χ0n) is 14.1. The number of likely N-dealkylation sites (N-methyl/N-ethyl adjacent to an activating group) is 1. The summed E-state index contributed by atoms with van der Waals surface area (Å²) in [6.45, 7) is 0.982. The molecule has 0 radical (unpaired) electrons. The van der Waals surface area contributed by atoms with Crippen molar-refractivity contribution in [3.63, 3.8) is 0 Å². The summed E-state index contributed by atoms with van der Waals surface area (Å²) in [6.07, 6.45) is 1.73. The second-order valence-electron chi connectivity index (χ2n) is 6.39. The summed E-state index contributed by atoms with van der Waals surface area (Å²) in [4.78, 5) is 2.34. The number of rotatable bonds is 2. The van der Waals surface area contributed by atoms with Gasteiger partial charge in [-0.05, 0) is 37.6 Å². The molecule has 1 N–H and O–H groups in total. The van der Waals surface area contributed by atoms with Gasteiger partial charge in [0.2, 0.25) is 0 Å². The van der Waals surface area contributed by atoms with Gasteiger partial charge in [0, 0.05) is 35.8 Å². The Morgan fingerprint density at radius 1 is 1.08 bits per heavy atom. The third kappa shape index (κ3) is 2.27. The molecule has 0 aromatic heterocycles. The topological polar surface area (TPSA) is 51.2 Å². The molecule has 0 aliphatic carbocycles. The van der Waals surface area contributed by atoms with Crippen LogP contribution < -0.4 is 14.2 Å². The summed E-state index contributed by atoms with van der Waals surface area (Å²) >= 11 is 0. The van der Waals surface area contributed by atoms with Gasteiger partial charge in [-0.25, -0.2) is 0 Å². The predicted molar refractivity (Wildman–Crippen MR) is 90.5 cm³/mol. The van der Waals surface area contributed by atoms with E-state index in [1.54, 1.807) is 20.3 Å². The Labute approximate surface area is 141 Å². The van der Waals surface area contributed by atoms with Crippen LogP contribution >= 0.6 is 0 Å². The van der Waals surface area contributed by atoms with Gasteiger partial charge in [-0.2, -0.15) is 0 Å². The summed E-state index contributed by atoms with van der Waals surface area (Å²) in [6, 6.07) is 7.74. The number of fused-ring (bicyclic) bond motifs is 1. The van der Waals surface area contributed by atoms with Gasteiger partial charge < -0.3 is 19.3 Å². The van der Waals surface area contributed by atoms with Gasteiger partial charge in [0.05, 0.1) is 14.2 Å². The summed E-state index contributed by atoms with van der Waals surface area (Å²) in [5.74, 6) is 2.79. The molecule has 0 fully saturated rings. The fraction of sp³-hybridized carbons (Fsp3) is 0.368. The molecule has 2 heterocycles. The van der Waals surface area contributed by atoms with Crippen molar-refractivity contribution in [3.05, 3.63) is 41.0 Å². The summed E-state index contributed by atoms with van der Waals surface area (Å²) in [5.41, 5.74) is 3.40. The maximum Gasteiger partial charge on any atom is 0.172 e. The van der Waals surface area contributed by atoms with E-state index in [0.717, 1.165) is 36.4 Å². The van der Waals surface area contributed by atoms with Crippen molar-refractivity contribution in [1.29, 1.82) is 0 Å². The van der Waals surface area contributed by atoms with Crippen molar-refractivity contribution in [2.24, 2.45) is 0 Å². The molecule has 0 unspecified atom stereocenters. The molecule has 0 saturated heterocycles. The van der Waals surface area contributed by atoms with Gasteiger partial charge in [-0.3, -0.25) is 4.90 Å². The van der Waals surface area contributed by atoms with Crippen LogP contribution in [0.4, 0.5) is 0 Å². The van der Waals surface area contributed by atoms with E-state index < -0.39 is 0 Å². The van der Waals surface area contributed by atoms with Gasteiger partial charge in [0.1, 0.15) is 17.2 Å². The Bertz CT molecular complexity index is 802. The molecule has 0 saturated carbocycles. The first kappa shape index (κ1) is 15.1. The molecular weight excluding hydrogens is 306 g/mol. The van der Waals surface area contributed by atoms with Crippen LogP contribution in [-0.4, -0.2) is 37.8 Å². The fourth-order valence-corrected chi connectivity index (χ4v) is 3.72. The molecule has 5 nitrogen and oxygen atoms in total. The lowest BCUT2D eigenvalue weighted by Gasteiger charge is -2.34. The lowest BCUT2D eigenvalue weighted by atomic mass is 9.88. The molecule has 5 heteroatoms. The quantitative estimate of drug-likeness (QED) is 0.917. The van der Waals surface area contributed by atoms with Gasteiger partial charge in [0.25, 0.3) is 0 Å². The lowest BCUT2D eigenvalue weighted by molar-refractivity contribution is 0.228. The van der Waals surface area contributed by atoms with Crippen LogP contribution in [0.1, 0.15) is 22.7 Å². The Balaban J connectivity index is 1.92. The first-order valence-corrected chi connectivity index (χ1v) is 8.09. The smallest absolute Gasteiger partial charge is 0.172 e. The van der Waals surface area contributed by atoms with E-state index in [2.05, 4.69) is 18.0 Å². The highest BCUT2D eigenvalue weighted by atomic mass is 16.5. The Morgan fingerprint density at radius 2 is 1.79 bits per heavy atom. The standard InChI is InChI=1S/C19H21NO4/c1-20-5-4-11-6-14(23-3)10-17-18(11)15(20)8-12-7-13(22-2)9-16(21)19(12)24-17/h6-7,9-10,15,21H,4-5,8H2,1-3H3/t15-/m0/s1. The number of aromatic hydroxyl groups is 1. The van der Waals surface area contributed by atoms with E-state index in [1.165, 1.54) is 11.1 Å². The molecule has 0 bridgehead atoms. The second-order valence-corrected chi connectivity index (χ2v) is 6.39. The van der Waals surface area contributed by atoms with Crippen molar-refractivity contribution in [2.45, 2.75) is 18.9 Å². The minimum absolute atomic E-state index is 0.0993. The minimum Gasteiger partial charge on any atom is -0.504 e. The highest BCUT2D eigenvalue weighted by Gasteiger charge is 2.33. The molecule has 0 spiro atoms. The molecule has 126 valence electrons. The van der Waals surface area contributed by atoms with Gasteiger partial charge in [0.15, 0.2) is 11.5 Å². The second kappa shape index (κ2) is 5.60. The van der Waals surface area contributed by atoms with Gasteiger partial charge in [-0.1, -0.05) is 0 Å². The minimum atomic E-state index is 0.0993. The number of hydrogen-bond donors (Lipinski definition) is 1. The Hall–Kier alpha value is -2.40. The normalized spacial score (nSPS) is 18.9. The monoisotopic (exact) mass is 327 g/mol. The van der Waals surface area contributed by atoms with E-state index >= 15 is 0 Å². The number of methoxy groups -OCH3 is 2. The zero-order chi connectivity index (χ0) is 16.8. The predicted octanol–water partition coefficient (Wildman–Crippen LogP) is 3.29. The van der Waals surface area contributed by atoms with Gasteiger partial charge in [-0.15, -0.1) is 0 Å². The average Bonchev–Trinajstić information content (AvgIpc) is 2.76. The molecule has 2 aliphatic rings. The van der Waals surface area contributed by atoms with E-state index in [4.69, 9.17) is 14.2 Å². The first-order valence-electron chi connectivity index (χ1n) is 8.09. The van der Waals surface area contributed by atoms with Crippen LogP contribution in [0, 0.1) is 0 Å². The highest BCUT2D eigenvalue weighted by Crippen LogP contribution is 2.49. The summed E-state index contributed by atoms with van der Waals surface area (Å²) in [5, 5.41) is 10.4. The van der Waals surface area contributed by atoms with Crippen LogP contribution in [0.2, 0.25) is 0 Å². The van der Waals surface area contributed by atoms with Crippen molar-refractivity contribution < 1.29 is 19.3 Å². The summed E-state index contributed by atoms with van der Waals surface area (Å²) < 4.78 is 16.9. The SMILES string of the molecule is COc1cc(O)c2c(c1)C[C@H]1c3c(cc(OC)cc3O2)CCN1C. The van der Waals surface area contributed by atoms with Crippen LogP contribution in [0.5, 0.6) is 28.7 Å². The van der Waals surface area contributed by atoms with Crippen molar-refractivity contribution in [2.75, 3.05) is 27.8 Å². The largest absolute Gasteiger partial charge is 0.504 e. The van der Waals surface area contributed by atoms with Crippen LogP contribution in [-0.2, 0) is 12.8 Å². The van der Waals surface area contributed by atoms with E-state index in [0.29, 0.717) is 11.5 Å². The summed E-state index contributed by atoms with van der Waals surface area (Å²) in [7, 11) is 5.39. The first-order chi connectivity index (χ1) is 11.6. The molecule has 4 rings (SSSR count). The highest BCUT2D eigenvalue weighted by molar-refractivity contribution is 5.59. The molecule has 2 aromatic carbocycles. The Morgan fingerprint density at radius 3 is 2.54 bits per heavy atom. The third-order valence-electron chi connectivity index (χ3n) is 5.02. The number of phenolic OH excluding ortho intramolecular Hbond substituents is 1. The number of ether oxygens (including phenoxy) is 3. The number of benzene rings is 2. The van der Waals surface area contributed by atoms with Crippen LogP contribution in [0.15, 0.2) is 24.3 Å². The van der Waals surface area contributed by atoms with Crippen molar-refractivity contribution in [1.82, 2.24) is 4.90 Å². The lowest BCUT2D eigenvalue weighted by Crippen LogP contribution is -2.33. The van der Waals surface area contributed by atoms with E-state index in [-0.39, 0.29) is 11.8 Å². The van der Waals surface area contributed by atoms with Gasteiger partial charge >= 0.3 is 0 Å². The maximum absolute atomic E-state index is 10.4. The average molecular weight is 327 g/mol. The zero-order valence-corrected chi connectivity index (χ0v) is 14.1.